The Bertz CT molecular complexity index is 935. The second-order valence-corrected chi connectivity index (χ2v) is 6.37. The lowest BCUT2D eigenvalue weighted by atomic mass is 10.2. The number of ether oxygens (including phenoxy) is 3. The van der Waals surface area contributed by atoms with E-state index < -0.39 is 0 Å². The van der Waals surface area contributed by atoms with E-state index in [4.69, 9.17) is 25.8 Å². The highest BCUT2D eigenvalue weighted by molar-refractivity contribution is 6.31. The molecule has 3 aromatic carbocycles. The molecular formula is C22H20ClNO4. The van der Waals surface area contributed by atoms with Gasteiger partial charge in [-0.05, 0) is 30.3 Å². The number of amides is 1. The molecule has 1 N–H and O–H groups in total. The summed E-state index contributed by atoms with van der Waals surface area (Å²) in [4.78, 5) is 12.5. The van der Waals surface area contributed by atoms with Crippen molar-refractivity contribution in [1.82, 2.24) is 0 Å². The Labute approximate surface area is 168 Å². The average molecular weight is 398 g/mol. The standard InChI is InChI=1S/C22H20ClNO4/c1-26-19-11-17(12-20(13-19)27-2)24-22(25)15-7-9-18(10-8-15)28-14-16-5-3-4-6-21(16)23/h3-13H,14H2,1-2H3,(H,24,25). The van der Waals surface area contributed by atoms with Crippen molar-refractivity contribution in [3.63, 3.8) is 0 Å². The maximum Gasteiger partial charge on any atom is 0.255 e. The largest absolute Gasteiger partial charge is 0.497 e. The molecule has 0 bridgehead atoms. The van der Waals surface area contributed by atoms with Crippen molar-refractivity contribution in [2.24, 2.45) is 0 Å². The predicted octanol–water partition coefficient (Wildman–Crippen LogP) is 5.19. The van der Waals surface area contributed by atoms with E-state index in [0.29, 0.717) is 40.1 Å². The Morgan fingerprint density at radius 3 is 2.14 bits per heavy atom. The fraction of sp³-hybridized carbons (Fsp3) is 0.136. The number of halogens is 1. The zero-order chi connectivity index (χ0) is 19.9. The van der Waals surface area contributed by atoms with Crippen LogP contribution in [-0.2, 0) is 6.61 Å². The van der Waals surface area contributed by atoms with Crippen molar-refractivity contribution >= 4 is 23.2 Å². The third-order valence-electron chi connectivity index (χ3n) is 4.08. The summed E-state index contributed by atoms with van der Waals surface area (Å²) < 4.78 is 16.2. The lowest BCUT2D eigenvalue weighted by molar-refractivity contribution is 0.102. The Kier molecular flexibility index (Phi) is 6.40. The molecule has 0 aliphatic heterocycles. The van der Waals surface area contributed by atoms with Crippen molar-refractivity contribution in [1.29, 1.82) is 0 Å². The van der Waals surface area contributed by atoms with Crippen LogP contribution in [-0.4, -0.2) is 20.1 Å². The van der Waals surface area contributed by atoms with E-state index in [1.807, 2.05) is 24.3 Å². The molecule has 0 aliphatic rings. The number of nitrogens with one attached hydrogen (secondary N) is 1. The minimum Gasteiger partial charge on any atom is -0.497 e. The molecule has 144 valence electrons. The van der Waals surface area contributed by atoms with Crippen LogP contribution in [0.25, 0.3) is 0 Å². The fourth-order valence-corrected chi connectivity index (χ4v) is 2.75. The van der Waals surface area contributed by atoms with Gasteiger partial charge in [-0.3, -0.25) is 4.79 Å². The van der Waals surface area contributed by atoms with Gasteiger partial charge in [-0.15, -0.1) is 0 Å². The molecular weight excluding hydrogens is 378 g/mol. The van der Waals surface area contributed by atoms with Crippen LogP contribution in [0.15, 0.2) is 66.7 Å². The van der Waals surface area contributed by atoms with Gasteiger partial charge >= 0.3 is 0 Å². The van der Waals surface area contributed by atoms with E-state index in [2.05, 4.69) is 5.32 Å². The summed E-state index contributed by atoms with van der Waals surface area (Å²) in [6, 6.07) is 19.6. The molecule has 3 rings (SSSR count). The van der Waals surface area contributed by atoms with E-state index in [1.165, 1.54) is 0 Å². The van der Waals surface area contributed by atoms with Gasteiger partial charge in [0, 0.05) is 40.0 Å². The maximum atomic E-state index is 12.5. The normalized spacial score (nSPS) is 10.2. The Morgan fingerprint density at radius 1 is 0.893 bits per heavy atom. The fourth-order valence-electron chi connectivity index (χ4n) is 2.56. The SMILES string of the molecule is COc1cc(NC(=O)c2ccc(OCc3ccccc3Cl)cc2)cc(OC)c1. The maximum absolute atomic E-state index is 12.5. The van der Waals surface area contributed by atoms with Gasteiger partial charge in [0.2, 0.25) is 0 Å². The molecule has 5 nitrogen and oxygen atoms in total. The zero-order valence-corrected chi connectivity index (χ0v) is 16.3. The number of carbonyl (C=O) groups excluding carboxylic acids is 1. The highest BCUT2D eigenvalue weighted by atomic mass is 35.5. The molecule has 0 atom stereocenters. The summed E-state index contributed by atoms with van der Waals surface area (Å²) in [6.45, 7) is 0.356. The van der Waals surface area contributed by atoms with E-state index in [9.17, 15) is 4.79 Å². The monoisotopic (exact) mass is 397 g/mol. The Hall–Kier alpha value is -3.18. The quantitative estimate of drug-likeness (QED) is 0.596. The van der Waals surface area contributed by atoms with Crippen LogP contribution in [0.3, 0.4) is 0 Å². The van der Waals surface area contributed by atoms with Gasteiger partial charge in [0.1, 0.15) is 23.9 Å². The minimum atomic E-state index is -0.243. The first-order chi connectivity index (χ1) is 13.6. The van der Waals surface area contributed by atoms with Crippen LogP contribution < -0.4 is 19.5 Å². The Balaban J connectivity index is 1.64. The molecule has 28 heavy (non-hydrogen) atoms. The molecule has 0 fully saturated rings. The molecule has 0 aromatic heterocycles. The van der Waals surface area contributed by atoms with E-state index in [1.54, 1.807) is 56.7 Å². The van der Waals surface area contributed by atoms with Crippen LogP contribution in [0, 0.1) is 0 Å². The summed E-state index contributed by atoms with van der Waals surface area (Å²) in [5.41, 5.74) is 1.99. The lowest BCUT2D eigenvalue weighted by Crippen LogP contribution is -2.12. The van der Waals surface area contributed by atoms with Gasteiger partial charge < -0.3 is 19.5 Å². The van der Waals surface area contributed by atoms with Crippen LogP contribution in [0.1, 0.15) is 15.9 Å². The highest BCUT2D eigenvalue weighted by Crippen LogP contribution is 2.26. The molecule has 0 saturated heterocycles. The number of hydrogen-bond acceptors (Lipinski definition) is 4. The first kappa shape index (κ1) is 19.6. The third-order valence-corrected chi connectivity index (χ3v) is 4.45. The molecule has 0 unspecified atom stereocenters. The second kappa shape index (κ2) is 9.15. The predicted molar refractivity (Wildman–Crippen MR) is 110 cm³/mol. The van der Waals surface area contributed by atoms with Gasteiger partial charge in [0.25, 0.3) is 5.91 Å². The number of carbonyl (C=O) groups is 1. The molecule has 0 heterocycles. The number of benzene rings is 3. The van der Waals surface area contributed by atoms with Crippen LogP contribution >= 0.6 is 11.6 Å². The molecule has 6 heteroatoms. The van der Waals surface area contributed by atoms with Gasteiger partial charge in [-0.2, -0.15) is 0 Å². The van der Waals surface area contributed by atoms with Crippen molar-refractivity contribution in [3.05, 3.63) is 82.9 Å². The summed E-state index contributed by atoms with van der Waals surface area (Å²) in [5, 5.41) is 3.49. The molecule has 0 spiro atoms. The summed E-state index contributed by atoms with van der Waals surface area (Å²) >= 11 is 6.13. The highest BCUT2D eigenvalue weighted by Gasteiger charge is 2.09. The zero-order valence-electron chi connectivity index (χ0n) is 15.6. The third kappa shape index (κ3) is 4.96. The van der Waals surface area contributed by atoms with Crippen molar-refractivity contribution in [2.45, 2.75) is 6.61 Å². The van der Waals surface area contributed by atoms with Crippen LogP contribution in [0.4, 0.5) is 5.69 Å². The molecule has 1 amide bonds. The lowest BCUT2D eigenvalue weighted by Gasteiger charge is -2.11. The second-order valence-electron chi connectivity index (χ2n) is 5.96. The van der Waals surface area contributed by atoms with Gasteiger partial charge in [-0.1, -0.05) is 29.8 Å². The molecule has 0 radical (unpaired) electrons. The molecule has 0 aliphatic carbocycles. The first-order valence-corrected chi connectivity index (χ1v) is 8.97. The van der Waals surface area contributed by atoms with E-state index in [0.717, 1.165) is 5.56 Å². The topological polar surface area (TPSA) is 56.8 Å². The van der Waals surface area contributed by atoms with Crippen molar-refractivity contribution in [3.8, 4) is 17.2 Å². The summed E-state index contributed by atoms with van der Waals surface area (Å²) in [5.74, 6) is 1.60. The van der Waals surface area contributed by atoms with Crippen molar-refractivity contribution in [2.75, 3.05) is 19.5 Å². The number of hydrogen-bond donors (Lipinski definition) is 1. The first-order valence-electron chi connectivity index (χ1n) is 8.59. The molecule has 3 aromatic rings. The van der Waals surface area contributed by atoms with Crippen LogP contribution in [0.5, 0.6) is 17.2 Å². The molecule has 0 saturated carbocycles. The number of rotatable bonds is 7. The average Bonchev–Trinajstić information content (AvgIpc) is 2.73. The van der Waals surface area contributed by atoms with Gasteiger partial charge in [0.15, 0.2) is 0 Å². The summed E-state index contributed by atoms with van der Waals surface area (Å²) in [6.07, 6.45) is 0. The smallest absolute Gasteiger partial charge is 0.255 e. The van der Waals surface area contributed by atoms with Crippen LogP contribution in [0.2, 0.25) is 5.02 Å². The van der Waals surface area contributed by atoms with E-state index >= 15 is 0 Å². The number of anilines is 1. The van der Waals surface area contributed by atoms with Crippen molar-refractivity contribution < 1.29 is 19.0 Å². The minimum absolute atomic E-state index is 0.243. The van der Waals surface area contributed by atoms with E-state index in [-0.39, 0.29) is 5.91 Å². The number of methoxy groups -OCH3 is 2. The Morgan fingerprint density at radius 2 is 1.54 bits per heavy atom. The summed E-state index contributed by atoms with van der Waals surface area (Å²) in [7, 11) is 3.11. The van der Waals surface area contributed by atoms with Gasteiger partial charge in [0.05, 0.1) is 14.2 Å². The van der Waals surface area contributed by atoms with Gasteiger partial charge in [-0.25, -0.2) is 0 Å².